The van der Waals surface area contributed by atoms with E-state index in [1.165, 1.54) is 27.5 Å². The van der Waals surface area contributed by atoms with E-state index < -0.39 is 0 Å². The second kappa shape index (κ2) is 10.9. The van der Waals surface area contributed by atoms with E-state index in [1.807, 2.05) is 26.0 Å². The number of hydrogen-bond acceptors (Lipinski definition) is 3. The second-order valence-corrected chi connectivity index (χ2v) is 10.3. The number of rotatable bonds is 8. The lowest BCUT2D eigenvalue weighted by Crippen LogP contribution is -2.06. The van der Waals surface area contributed by atoms with Crippen molar-refractivity contribution in [3.05, 3.63) is 94.0 Å². The lowest BCUT2D eigenvalue weighted by Gasteiger charge is -2.13. The van der Waals surface area contributed by atoms with Crippen molar-refractivity contribution >= 4 is 49.8 Å². The van der Waals surface area contributed by atoms with Crippen LogP contribution >= 0.6 is 15.9 Å². The molecule has 0 bridgehead atoms. The highest BCUT2D eigenvalue weighted by molar-refractivity contribution is 9.10. The first-order chi connectivity index (χ1) is 18.0. The van der Waals surface area contributed by atoms with Gasteiger partial charge in [-0.2, -0.15) is 0 Å². The van der Waals surface area contributed by atoms with Crippen molar-refractivity contribution in [2.45, 2.75) is 39.7 Å². The van der Waals surface area contributed by atoms with Gasteiger partial charge in [-0.3, -0.25) is 0 Å². The van der Waals surface area contributed by atoms with Crippen molar-refractivity contribution in [3.63, 3.8) is 0 Å². The van der Waals surface area contributed by atoms with E-state index in [4.69, 9.17) is 13.9 Å². The molecule has 4 aromatic carbocycles. The fourth-order valence-corrected chi connectivity index (χ4v) is 5.26. The first-order valence-corrected chi connectivity index (χ1v) is 13.5. The van der Waals surface area contributed by atoms with Gasteiger partial charge in [0.05, 0.1) is 13.2 Å². The Bertz CT molecular complexity index is 1590. The summed E-state index contributed by atoms with van der Waals surface area (Å²) in [6.07, 6.45) is 6.41. The molecule has 0 amide bonds. The summed E-state index contributed by atoms with van der Waals surface area (Å²) in [5.41, 5.74) is 5.46. The van der Waals surface area contributed by atoms with Crippen LogP contribution in [0.25, 0.3) is 45.2 Å². The van der Waals surface area contributed by atoms with E-state index >= 15 is 0 Å². The summed E-state index contributed by atoms with van der Waals surface area (Å²) in [5.74, 6) is 2.17. The van der Waals surface area contributed by atoms with Crippen LogP contribution < -0.4 is 9.47 Å². The van der Waals surface area contributed by atoms with Gasteiger partial charge in [0, 0.05) is 15.4 Å². The molecule has 0 fully saturated rings. The summed E-state index contributed by atoms with van der Waals surface area (Å²) in [6.45, 7) is 6.22. The number of halogens is 1. The highest BCUT2D eigenvalue weighted by atomic mass is 79.9. The highest BCUT2D eigenvalue weighted by Crippen LogP contribution is 2.41. The predicted octanol–water partition coefficient (Wildman–Crippen LogP) is 9.93. The van der Waals surface area contributed by atoms with Crippen molar-refractivity contribution in [3.8, 4) is 22.8 Å². The molecular formula is C33H31BrO3. The van der Waals surface area contributed by atoms with Crippen LogP contribution in [0, 0.1) is 0 Å². The van der Waals surface area contributed by atoms with E-state index in [9.17, 15) is 0 Å². The van der Waals surface area contributed by atoms with E-state index in [-0.39, 0.29) is 6.10 Å². The Balaban J connectivity index is 1.53. The van der Waals surface area contributed by atoms with E-state index in [1.54, 1.807) is 7.11 Å². The average Bonchev–Trinajstić information content (AvgIpc) is 3.33. The zero-order valence-corrected chi connectivity index (χ0v) is 23.3. The van der Waals surface area contributed by atoms with Crippen LogP contribution in [0.15, 0.2) is 81.7 Å². The molecule has 0 saturated carbocycles. The zero-order chi connectivity index (χ0) is 25.9. The lowest BCUT2D eigenvalue weighted by molar-refractivity contribution is 0.230. The van der Waals surface area contributed by atoms with Crippen LogP contribution in [-0.2, 0) is 6.42 Å². The van der Waals surface area contributed by atoms with Crippen molar-refractivity contribution in [1.82, 2.24) is 0 Å². The highest BCUT2D eigenvalue weighted by Gasteiger charge is 2.18. The van der Waals surface area contributed by atoms with Gasteiger partial charge in [-0.15, -0.1) is 0 Å². The summed E-state index contributed by atoms with van der Waals surface area (Å²) < 4.78 is 19.2. The Hall–Kier alpha value is -3.50. The molecule has 0 atom stereocenters. The summed E-state index contributed by atoms with van der Waals surface area (Å²) in [6, 6.07) is 25.4. The summed E-state index contributed by atoms with van der Waals surface area (Å²) in [5, 5.41) is 3.45. The molecule has 0 unspecified atom stereocenters. The van der Waals surface area contributed by atoms with Gasteiger partial charge in [-0.25, -0.2) is 0 Å². The standard InChI is InChI=1S/C33H31BrO3/c1-5-8-24-19-22(13-15-23-9-6-11-28-26(23)10-7-12-29(28)34)14-17-27(24)31-20-25-16-18-30(35-4)33(32(25)37-31)36-21(2)3/h6-7,9-21H,5,8H2,1-4H3. The molecule has 188 valence electrons. The average molecular weight is 556 g/mol. The third kappa shape index (κ3) is 5.17. The van der Waals surface area contributed by atoms with Gasteiger partial charge in [-0.1, -0.05) is 90.0 Å². The summed E-state index contributed by atoms with van der Waals surface area (Å²) in [4.78, 5) is 0. The molecule has 0 saturated heterocycles. The molecule has 1 heterocycles. The van der Waals surface area contributed by atoms with Crippen LogP contribution in [-0.4, -0.2) is 13.2 Å². The fourth-order valence-electron chi connectivity index (χ4n) is 4.76. The predicted molar refractivity (Wildman–Crippen MR) is 159 cm³/mol. The Kier molecular flexibility index (Phi) is 7.38. The Morgan fingerprint density at radius 3 is 2.51 bits per heavy atom. The van der Waals surface area contributed by atoms with Crippen molar-refractivity contribution in [2.75, 3.05) is 7.11 Å². The molecule has 37 heavy (non-hydrogen) atoms. The Morgan fingerprint density at radius 1 is 0.919 bits per heavy atom. The van der Waals surface area contributed by atoms with Crippen LogP contribution in [0.4, 0.5) is 0 Å². The maximum atomic E-state index is 6.42. The van der Waals surface area contributed by atoms with Gasteiger partial charge in [0.1, 0.15) is 5.76 Å². The largest absolute Gasteiger partial charge is 0.493 e. The lowest BCUT2D eigenvalue weighted by atomic mass is 9.97. The minimum atomic E-state index is 0.0117. The molecule has 5 aromatic rings. The van der Waals surface area contributed by atoms with Crippen molar-refractivity contribution < 1.29 is 13.9 Å². The van der Waals surface area contributed by atoms with Gasteiger partial charge < -0.3 is 13.9 Å². The molecule has 4 heteroatoms. The first-order valence-electron chi connectivity index (χ1n) is 12.7. The van der Waals surface area contributed by atoms with Crippen molar-refractivity contribution in [2.24, 2.45) is 0 Å². The summed E-state index contributed by atoms with van der Waals surface area (Å²) in [7, 11) is 1.65. The maximum absolute atomic E-state index is 6.42. The third-order valence-electron chi connectivity index (χ3n) is 6.45. The van der Waals surface area contributed by atoms with E-state index in [2.05, 4.69) is 95.7 Å². The quantitative estimate of drug-likeness (QED) is 0.179. The van der Waals surface area contributed by atoms with Crippen LogP contribution in [0.3, 0.4) is 0 Å². The minimum absolute atomic E-state index is 0.0117. The number of benzene rings is 4. The molecule has 0 N–H and O–H groups in total. The number of fused-ring (bicyclic) bond motifs is 2. The molecule has 3 nitrogen and oxygen atoms in total. The maximum Gasteiger partial charge on any atom is 0.205 e. The van der Waals surface area contributed by atoms with Gasteiger partial charge >= 0.3 is 0 Å². The number of aryl methyl sites for hydroxylation is 1. The number of methoxy groups -OCH3 is 1. The van der Waals surface area contributed by atoms with Crippen molar-refractivity contribution in [1.29, 1.82) is 0 Å². The monoisotopic (exact) mass is 554 g/mol. The molecule has 5 rings (SSSR count). The molecule has 0 aliphatic heterocycles. The third-order valence-corrected chi connectivity index (χ3v) is 7.14. The van der Waals surface area contributed by atoms with Crippen LogP contribution in [0.1, 0.15) is 43.9 Å². The molecule has 0 aliphatic carbocycles. The molecule has 0 aliphatic rings. The van der Waals surface area contributed by atoms with Gasteiger partial charge in [0.2, 0.25) is 5.75 Å². The number of furan rings is 1. The van der Waals surface area contributed by atoms with E-state index in [0.717, 1.165) is 39.6 Å². The van der Waals surface area contributed by atoms with Gasteiger partial charge in [0.15, 0.2) is 11.3 Å². The minimum Gasteiger partial charge on any atom is -0.493 e. The number of hydrogen-bond donors (Lipinski definition) is 0. The second-order valence-electron chi connectivity index (χ2n) is 9.47. The smallest absolute Gasteiger partial charge is 0.205 e. The molecule has 0 radical (unpaired) electrons. The van der Waals surface area contributed by atoms with Gasteiger partial charge in [0.25, 0.3) is 0 Å². The summed E-state index contributed by atoms with van der Waals surface area (Å²) >= 11 is 3.67. The number of ether oxygens (including phenoxy) is 2. The van der Waals surface area contributed by atoms with Crippen LogP contribution in [0.2, 0.25) is 0 Å². The van der Waals surface area contributed by atoms with Gasteiger partial charge in [-0.05, 0) is 72.0 Å². The molecule has 0 spiro atoms. The topological polar surface area (TPSA) is 31.6 Å². The SMILES string of the molecule is CCCc1cc(C=Cc2cccc3c(Br)cccc23)ccc1-c1cc2ccc(OC)c(OC(C)C)c2o1. The Labute approximate surface area is 226 Å². The fraction of sp³-hybridized carbons (Fsp3) is 0.212. The van der Waals surface area contributed by atoms with Crippen LogP contribution in [0.5, 0.6) is 11.5 Å². The normalized spacial score (nSPS) is 11.7. The molecular weight excluding hydrogens is 524 g/mol. The zero-order valence-electron chi connectivity index (χ0n) is 21.7. The van der Waals surface area contributed by atoms with E-state index in [0.29, 0.717) is 11.5 Å². The Morgan fingerprint density at radius 2 is 1.73 bits per heavy atom. The molecule has 1 aromatic heterocycles. The first kappa shape index (κ1) is 25.2.